The number of hydrogen-bond acceptors (Lipinski definition) is 4. The van der Waals surface area contributed by atoms with Crippen LogP contribution in [0.2, 0.25) is 0 Å². The van der Waals surface area contributed by atoms with Crippen molar-refractivity contribution in [1.82, 2.24) is 19.7 Å². The van der Waals surface area contributed by atoms with Gasteiger partial charge in [0.25, 0.3) is 0 Å². The number of aromatic nitrogens is 4. The molecule has 2 heterocycles. The molecule has 2 aromatic heterocycles. The molecule has 0 amide bonds. The molecule has 5 heteroatoms. The highest BCUT2D eigenvalue weighted by Crippen LogP contribution is 2.29. The van der Waals surface area contributed by atoms with Crippen LogP contribution in [0.25, 0.3) is 0 Å². The fraction of sp³-hybridized carbons (Fsp3) is 0.667. The second-order valence-corrected chi connectivity index (χ2v) is 7.02. The van der Waals surface area contributed by atoms with Crippen LogP contribution in [0, 0.1) is 20.8 Å². The van der Waals surface area contributed by atoms with Gasteiger partial charge in [-0.15, -0.1) is 11.3 Å². The van der Waals surface area contributed by atoms with Gasteiger partial charge in [0.15, 0.2) is 0 Å². The lowest BCUT2D eigenvalue weighted by Gasteiger charge is -2.23. The lowest BCUT2D eigenvalue weighted by Crippen LogP contribution is -2.17. The van der Waals surface area contributed by atoms with Gasteiger partial charge in [0, 0.05) is 11.3 Å². The molecule has 0 bridgehead atoms. The maximum Gasteiger partial charge on any atom is 0.147 e. The molecule has 2 aromatic rings. The van der Waals surface area contributed by atoms with Gasteiger partial charge in [-0.1, -0.05) is 19.3 Å². The van der Waals surface area contributed by atoms with Crippen LogP contribution in [0.5, 0.6) is 0 Å². The highest BCUT2D eigenvalue weighted by molar-refractivity contribution is 7.11. The summed E-state index contributed by atoms with van der Waals surface area (Å²) in [4.78, 5) is 10.5. The van der Waals surface area contributed by atoms with E-state index in [-0.39, 0.29) is 0 Å². The van der Waals surface area contributed by atoms with Crippen LogP contribution in [0.4, 0.5) is 0 Å². The van der Waals surface area contributed by atoms with E-state index in [1.165, 1.54) is 37.0 Å². The Labute approximate surface area is 124 Å². The summed E-state index contributed by atoms with van der Waals surface area (Å²) in [6.45, 7) is 6.15. The largest absolute Gasteiger partial charge is 0.247 e. The maximum absolute atomic E-state index is 4.66. The smallest absolute Gasteiger partial charge is 0.147 e. The molecule has 108 valence electrons. The van der Waals surface area contributed by atoms with Crippen LogP contribution in [0.1, 0.15) is 65.4 Å². The molecule has 0 atom stereocenters. The van der Waals surface area contributed by atoms with Crippen molar-refractivity contribution in [1.29, 1.82) is 0 Å². The van der Waals surface area contributed by atoms with E-state index in [0.717, 1.165) is 28.8 Å². The molecular weight excluding hydrogens is 268 g/mol. The molecule has 0 N–H and O–H groups in total. The Bertz CT molecular complexity index is 593. The molecule has 0 spiro atoms. The summed E-state index contributed by atoms with van der Waals surface area (Å²) in [5.74, 6) is 2.01. The zero-order valence-electron chi connectivity index (χ0n) is 12.5. The summed E-state index contributed by atoms with van der Waals surface area (Å²) in [5.41, 5.74) is 1.14. The molecule has 1 fully saturated rings. The van der Waals surface area contributed by atoms with Crippen molar-refractivity contribution in [3.8, 4) is 0 Å². The minimum atomic E-state index is 0.550. The molecule has 1 saturated carbocycles. The van der Waals surface area contributed by atoms with E-state index in [0.29, 0.717) is 6.04 Å². The van der Waals surface area contributed by atoms with Gasteiger partial charge in [0.05, 0.1) is 16.7 Å². The summed E-state index contributed by atoms with van der Waals surface area (Å²) in [7, 11) is 0. The monoisotopic (exact) mass is 290 g/mol. The number of nitrogens with zero attached hydrogens (tertiary/aromatic N) is 4. The Kier molecular flexibility index (Phi) is 3.87. The number of aryl methyl sites for hydroxylation is 3. The highest BCUT2D eigenvalue weighted by atomic mass is 32.1. The topological polar surface area (TPSA) is 43.6 Å². The fourth-order valence-electron chi connectivity index (χ4n) is 3.09. The number of thiazole rings is 1. The van der Waals surface area contributed by atoms with Gasteiger partial charge in [-0.2, -0.15) is 5.10 Å². The van der Waals surface area contributed by atoms with Crippen LogP contribution in [-0.4, -0.2) is 19.7 Å². The minimum absolute atomic E-state index is 0.550. The van der Waals surface area contributed by atoms with E-state index in [4.69, 9.17) is 0 Å². The molecule has 0 unspecified atom stereocenters. The van der Waals surface area contributed by atoms with Crippen molar-refractivity contribution >= 4 is 11.3 Å². The summed E-state index contributed by atoms with van der Waals surface area (Å²) in [5, 5.41) is 5.79. The van der Waals surface area contributed by atoms with Crippen molar-refractivity contribution in [2.75, 3.05) is 0 Å². The van der Waals surface area contributed by atoms with E-state index >= 15 is 0 Å². The Morgan fingerprint density at radius 1 is 1.10 bits per heavy atom. The van der Waals surface area contributed by atoms with Crippen molar-refractivity contribution < 1.29 is 0 Å². The number of hydrogen-bond donors (Lipinski definition) is 0. The standard InChI is InChI=1S/C15H22N4S/c1-10-14(20-12(3)16-10)9-15-17-11(2)18-19(15)13-7-5-4-6-8-13/h13H,4-9H2,1-3H3. The molecule has 4 nitrogen and oxygen atoms in total. The van der Waals surface area contributed by atoms with Gasteiger partial charge in [-0.3, -0.25) is 0 Å². The average molecular weight is 290 g/mol. The number of rotatable bonds is 3. The van der Waals surface area contributed by atoms with Crippen molar-refractivity contribution in [3.63, 3.8) is 0 Å². The second kappa shape index (κ2) is 5.64. The van der Waals surface area contributed by atoms with E-state index in [2.05, 4.69) is 33.6 Å². The third-order valence-corrected chi connectivity index (χ3v) is 5.12. The highest BCUT2D eigenvalue weighted by Gasteiger charge is 2.21. The summed E-state index contributed by atoms with van der Waals surface area (Å²) < 4.78 is 2.20. The van der Waals surface area contributed by atoms with Crippen molar-refractivity contribution in [3.05, 3.63) is 27.2 Å². The summed E-state index contributed by atoms with van der Waals surface area (Å²) in [6.07, 6.45) is 7.37. The molecule has 3 rings (SSSR count). The SMILES string of the molecule is Cc1nc(Cc2sc(C)nc2C)n(C2CCCCC2)n1. The van der Waals surface area contributed by atoms with E-state index in [1.54, 1.807) is 11.3 Å². The van der Waals surface area contributed by atoms with Crippen LogP contribution < -0.4 is 0 Å². The van der Waals surface area contributed by atoms with E-state index in [1.807, 2.05) is 6.92 Å². The first-order chi connectivity index (χ1) is 9.63. The van der Waals surface area contributed by atoms with Crippen LogP contribution in [0.3, 0.4) is 0 Å². The molecule has 0 aromatic carbocycles. The Hall–Kier alpha value is -1.23. The third kappa shape index (κ3) is 2.77. The predicted molar refractivity (Wildman–Crippen MR) is 81.3 cm³/mol. The normalized spacial score (nSPS) is 16.8. The lowest BCUT2D eigenvalue weighted by atomic mass is 9.95. The molecule has 0 radical (unpaired) electrons. The molecular formula is C15H22N4S. The van der Waals surface area contributed by atoms with Crippen LogP contribution >= 0.6 is 11.3 Å². The molecule has 20 heavy (non-hydrogen) atoms. The molecule has 1 aliphatic rings. The van der Waals surface area contributed by atoms with Gasteiger partial charge in [0.2, 0.25) is 0 Å². The first-order valence-corrected chi connectivity index (χ1v) is 8.30. The Balaban J connectivity index is 1.87. The van der Waals surface area contributed by atoms with Gasteiger partial charge in [-0.25, -0.2) is 14.6 Å². The van der Waals surface area contributed by atoms with Crippen molar-refractivity contribution in [2.45, 2.75) is 65.3 Å². The predicted octanol–water partition coefficient (Wildman–Crippen LogP) is 3.76. The third-order valence-electron chi connectivity index (χ3n) is 4.05. The van der Waals surface area contributed by atoms with E-state index in [9.17, 15) is 0 Å². The maximum atomic E-state index is 4.66. The van der Waals surface area contributed by atoms with Crippen LogP contribution in [-0.2, 0) is 6.42 Å². The Morgan fingerprint density at radius 3 is 2.50 bits per heavy atom. The van der Waals surface area contributed by atoms with Crippen molar-refractivity contribution in [2.24, 2.45) is 0 Å². The van der Waals surface area contributed by atoms with Gasteiger partial charge in [-0.05, 0) is 33.6 Å². The lowest BCUT2D eigenvalue weighted by molar-refractivity contribution is 0.321. The van der Waals surface area contributed by atoms with Gasteiger partial charge < -0.3 is 0 Å². The minimum Gasteiger partial charge on any atom is -0.247 e. The average Bonchev–Trinajstić information content (AvgIpc) is 2.94. The zero-order chi connectivity index (χ0) is 14.1. The van der Waals surface area contributed by atoms with Crippen LogP contribution in [0.15, 0.2) is 0 Å². The second-order valence-electron chi connectivity index (χ2n) is 5.73. The van der Waals surface area contributed by atoms with Gasteiger partial charge >= 0.3 is 0 Å². The Morgan fingerprint density at radius 2 is 1.85 bits per heavy atom. The van der Waals surface area contributed by atoms with E-state index < -0.39 is 0 Å². The first-order valence-electron chi connectivity index (χ1n) is 7.48. The first kappa shape index (κ1) is 13.7. The summed E-state index contributed by atoms with van der Waals surface area (Å²) >= 11 is 1.78. The fourth-order valence-corrected chi connectivity index (χ4v) is 4.03. The molecule has 0 saturated heterocycles. The van der Waals surface area contributed by atoms with Gasteiger partial charge in [0.1, 0.15) is 11.6 Å². The summed E-state index contributed by atoms with van der Waals surface area (Å²) in [6, 6.07) is 0.550. The quantitative estimate of drug-likeness (QED) is 0.864. The molecule has 1 aliphatic carbocycles. The zero-order valence-corrected chi connectivity index (χ0v) is 13.3. The molecule has 0 aliphatic heterocycles.